The zero-order valence-corrected chi connectivity index (χ0v) is 31.4. The van der Waals surface area contributed by atoms with Crippen LogP contribution in [0.4, 0.5) is 13.2 Å². The third-order valence-electron chi connectivity index (χ3n) is 9.83. The lowest BCUT2D eigenvalue weighted by Gasteiger charge is -2.33. The fraction of sp³-hybridized carbons (Fsp3) is 0.684. The van der Waals surface area contributed by atoms with Gasteiger partial charge < -0.3 is 24.4 Å². The van der Waals surface area contributed by atoms with Crippen molar-refractivity contribution in [2.45, 2.75) is 137 Å². The summed E-state index contributed by atoms with van der Waals surface area (Å²) in [6, 6.07) is -0.112. The number of allylic oxidation sites excluding steroid dienone is 5. The Kier molecular flexibility index (Phi) is 15.0. The zero-order chi connectivity index (χ0) is 36.4. The number of carbonyl (C=O) groups is 1. The number of hydrogen-bond donors (Lipinski definition) is 1. The van der Waals surface area contributed by atoms with Gasteiger partial charge in [0, 0.05) is 24.7 Å². The van der Waals surface area contributed by atoms with Crippen LogP contribution in [0.15, 0.2) is 63.6 Å². The van der Waals surface area contributed by atoms with Gasteiger partial charge in [0.25, 0.3) is 5.91 Å². The van der Waals surface area contributed by atoms with Crippen molar-refractivity contribution in [1.82, 2.24) is 15.1 Å². The van der Waals surface area contributed by atoms with Gasteiger partial charge in [-0.2, -0.15) is 13.2 Å². The first-order valence-electron chi connectivity index (χ1n) is 18.4. The molecule has 4 aliphatic rings. The summed E-state index contributed by atoms with van der Waals surface area (Å²) in [6.07, 6.45) is 11.0. The maximum absolute atomic E-state index is 14.5. The Morgan fingerprint density at radius 3 is 2.27 bits per heavy atom. The highest BCUT2D eigenvalue weighted by molar-refractivity contribution is 6.55. The molecule has 3 fully saturated rings. The quantitative estimate of drug-likeness (QED) is 0.175. The van der Waals surface area contributed by atoms with Gasteiger partial charge in [-0.3, -0.25) is 9.79 Å². The smallest absolute Gasteiger partial charge is 0.399 e. The minimum absolute atomic E-state index is 0.0156. The monoisotopic (exact) mass is 688 g/mol. The van der Waals surface area contributed by atoms with Crippen molar-refractivity contribution >= 4 is 18.9 Å². The molecule has 0 aromatic rings. The summed E-state index contributed by atoms with van der Waals surface area (Å²) >= 11 is 0. The Morgan fingerprint density at radius 1 is 1.04 bits per heavy atom. The average Bonchev–Trinajstić information content (AvgIpc) is 3.76. The molecule has 0 bridgehead atoms. The minimum atomic E-state index is -4.26. The zero-order valence-electron chi connectivity index (χ0n) is 31.4. The number of aliphatic imine (C=N–C) groups is 1. The number of nitrogens with one attached hydrogen (secondary N) is 1. The standard InChI is InChI=1S/C36H54BF3N4O3.C2H6/c1-8-14-27(16-12-18-36(38,39)40)24-41-32-23-31(33(45)44-21-13-17-29(44)25-43-19-10-11-20-43)30(26(3)42-32)22-28(15-9-2)37-46-34(4,5)35(6,7)47-37;1-2/h12,14-16,22-23,26,29H,8-11,13,17-21,24-25H2,1-7H3,(H,41,42);1-2H3/b16-12-,27-14+,28-15+,30-22+;/t26?,29-;/m0./s1. The van der Waals surface area contributed by atoms with E-state index < -0.39 is 30.9 Å². The maximum atomic E-state index is 14.5. The molecule has 1 unspecified atom stereocenters. The molecule has 0 spiro atoms. The van der Waals surface area contributed by atoms with Gasteiger partial charge in [-0.15, -0.1) is 0 Å². The lowest BCUT2D eigenvalue weighted by molar-refractivity contribution is -0.128. The second-order valence-corrected chi connectivity index (χ2v) is 14.1. The molecule has 1 N–H and O–H groups in total. The third kappa shape index (κ3) is 11.2. The summed E-state index contributed by atoms with van der Waals surface area (Å²) in [5.74, 6) is 0.523. The molecule has 49 heavy (non-hydrogen) atoms. The average molecular weight is 689 g/mol. The van der Waals surface area contributed by atoms with E-state index in [1.807, 2.05) is 78.5 Å². The van der Waals surface area contributed by atoms with Crippen LogP contribution in [0.5, 0.6) is 0 Å². The fourth-order valence-corrected chi connectivity index (χ4v) is 6.57. The second kappa shape index (κ2) is 18.0. The van der Waals surface area contributed by atoms with E-state index in [2.05, 4.69) is 23.2 Å². The molecule has 0 radical (unpaired) electrons. The number of likely N-dealkylation sites (tertiary alicyclic amines) is 2. The second-order valence-electron chi connectivity index (χ2n) is 14.1. The number of carbonyl (C=O) groups excluding carboxylic acids is 1. The number of rotatable bonds is 11. The maximum Gasteiger partial charge on any atom is 0.494 e. The topological polar surface area (TPSA) is 66.4 Å². The number of amidine groups is 1. The van der Waals surface area contributed by atoms with E-state index in [0.29, 0.717) is 29.9 Å². The van der Waals surface area contributed by atoms with E-state index in [0.717, 1.165) is 56.0 Å². The van der Waals surface area contributed by atoms with Crippen LogP contribution >= 0.6 is 0 Å². The van der Waals surface area contributed by atoms with Crippen LogP contribution in [0.1, 0.15) is 107 Å². The van der Waals surface area contributed by atoms with Crippen molar-refractivity contribution in [2.75, 3.05) is 32.7 Å². The van der Waals surface area contributed by atoms with Crippen LogP contribution in [-0.2, 0) is 14.1 Å². The van der Waals surface area contributed by atoms with E-state index >= 15 is 0 Å². The van der Waals surface area contributed by atoms with Gasteiger partial charge in [-0.25, -0.2) is 0 Å². The van der Waals surface area contributed by atoms with Crippen LogP contribution in [0.25, 0.3) is 0 Å². The molecule has 4 aliphatic heterocycles. The summed E-state index contributed by atoms with van der Waals surface area (Å²) < 4.78 is 51.2. The molecule has 0 saturated carbocycles. The minimum Gasteiger partial charge on any atom is -0.399 e. The molecule has 0 aromatic heterocycles. The Labute approximate surface area is 294 Å². The molecule has 4 heterocycles. The van der Waals surface area contributed by atoms with Crippen LogP contribution in [0.3, 0.4) is 0 Å². The molecule has 1 amide bonds. The molecule has 3 saturated heterocycles. The van der Waals surface area contributed by atoms with E-state index in [9.17, 15) is 18.0 Å². The predicted octanol–water partition coefficient (Wildman–Crippen LogP) is 8.16. The van der Waals surface area contributed by atoms with Gasteiger partial charge in [0.15, 0.2) is 0 Å². The highest BCUT2D eigenvalue weighted by atomic mass is 19.4. The summed E-state index contributed by atoms with van der Waals surface area (Å²) in [7, 11) is -0.578. The Bertz CT molecular complexity index is 1290. The van der Waals surface area contributed by atoms with Gasteiger partial charge in [-0.05, 0) is 109 Å². The largest absolute Gasteiger partial charge is 0.494 e. The number of nitrogens with zero attached hydrogens (tertiary/aromatic N) is 3. The molecular formula is C38H60BF3N4O3. The third-order valence-corrected chi connectivity index (χ3v) is 9.83. The van der Waals surface area contributed by atoms with Gasteiger partial charge in [0.05, 0.1) is 30.2 Å². The lowest BCUT2D eigenvalue weighted by atomic mass is 9.75. The molecule has 4 rings (SSSR count). The van der Waals surface area contributed by atoms with Crippen molar-refractivity contribution in [3.05, 3.63) is 58.6 Å². The first-order valence-corrected chi connectivity index (χ1v) is 18.4. The number of halogens is 3. The Morgan fingerprint density at radius 2 is 1.67 bits per heavy atom. The van der Waals surface area contributed by atoms with E-state index in [-0.39, 0.29) is 24.5 Å². The van der Waals surface area contributed by atoms with Crippen molar-refractivity contribution in [3.63, 3.8) is 0 Å². The highest BCUT2D eigenvalue weighted by Crippen LogP contribution is 2.39. The SMILES string of the molecule is CC.CC/C=C(\C=C1\C(C(=O)N2CCC[C@H]2CN2CCCC2)=CC(=NCC(/C=C\CC(F)(F)F)=C/CC)NC1C)B1OC(C)(C)C(C)(C)O1. The van der Waals surface area contributed by atoms with Gasteiger partial charge in [-0.1, -0.05) is 58.1 Å². The summed E-state index contributed by atoms with van der Waals surface area (Å²) in [4.78, 5) is 23.8. The summed E-state index contributed by atoms with van der Waals surface area (Å²) in [6.45, 7) is 22.1. The van der Waals surface area contributed by atoms with Crippen molar-refractivity contribution in [2.24, 2.45) is 4.99 Å². The van der Waals surface area contributed by atoms with Crippen molar-refractivity contribution in [3.8, 4) is 0 Å². The molecular weight excluding hydrogens is 628 g/mol. The number of amides is 1. The van der Waals surface area contributed by atoms with E-state index in [1.165, 1.54) is 18.9 Å². The van der Waals surface area contributed by atoms with Gasteiger partial charge in [0.1, 0.15) is 5.84 Å². The van der Waals surface area contributed by atoms with Crippen LogP contribution < -0.4 is 5.32 Å². The lowest BCUT2D eigenvalue weighted by Crippen LogP contribution is -2.46. The molecule has 7 nitrogen and oxygen atoms in total. The molecule has 0 aliphatic carbocycles. The number of alkyl halides is 3. The van der Waals surface area contributed by atoms with Crippen LogP contribution in [0, 0.1) is 0 Å². The summed E-state index contributed by atoms with van der Waals surface area (Å²) in [5, 5.41) is 3.45. The Hall–Kier alpha value is -2.63. The van der Waals surface area contributed by atoms with Crippen LogP contribution in [0.2, 0.25) is 0 Å². The normalized spacial score (nSPS) is 26.4. The fourth-order valence-electron chi connectivity index (χ4n) is 6.57. The Balaban J connectivity index is 0.00000319. The van der Waals surface area contributed by atoms with Crippen molar-refractivity contribution in [1.29, 1.82) is 0 Å². The van der Waals surface area contributed by atoms with Gasteiger partial charge >= 0.3 is 13.3 Å². The van der Waals surface area contributed by atoms with Crippen LogP contribution in [-0.4, -0.2) is 90.8 Å². The summed E-state index contributed by atoms with van der Waals surface area (Å²) in [5.41, 5.74) is 1.96. The molecule has 0 aromatic carbocycles. The van der Waals surface area contributed by atoms with E-state index in [4.69, 9.17) is 14.3 Å². The first kappa shape index (κ1) is 40.8. The van der Waals surface area contributed by atoms with Gasteiger partial charge in [0.2, 0.25) is 0 Å². The first-order chi connectivity index (χ1) is 23.1. The molecule has 11 heteroatoms. The molecule has 2 atom stereocenters. The highest BCUT2D eigenvalue weighted by Gasteiger charge is 2.52. The number of hydrogen-bond acceptors (Lipinski definition) is 5. The molecule has 274 valence electrons. The van der Waals surface area contributed by atoms with E-state index in [1.54, 1.807) is 0 Å². The predicted molar refractivity (Wildman–Crippen MR) is 195 cm³/mol. The van der Waals surface area contributed by atoms with Crippen molar-refractivity contribution < 1.29 is 27.3 Å².